The Bertz CT molecular complexity index is 828. The first-order valence-corrected chi connectivity index (χ1v) is 6.14. The Kier molecular flexibility index (Phi) is 3.10. The summed E-state index contributed by atoms with van der Waals surface area (Å²) < 4.78 is 1.78. The fourth-order valence-corrected chi connectivity index (χ4v) is 1.92. The van der Waals surface area contributed by atoms with Gasteiger partial charge in [-0.1, -0.05) is 0 Å². The molecule has 0 bridgehead atoms. The maximum atomic E-state index is 8.80. The van der Waals surface area contributed by atoms with Crippen LogP contribution in [0, 0.1) is 11.3 Å². The van der Waals surface area contributed by atoms with E-state index in [0.717, 1.165) is 5.69 Å². The summed E-state index contributed by atoms with van der Waals surface area (Å²) in [6.45, 7) is 0. The zero-order valence-corrected chi connectivity index (χ0v) is 11.2. The molecular formula is C13H12N8. The van der Waals surface area contributed by atoms with Gasteiger partial charge in [0, 0.05) is 12.7 Å². The Morgan fingerprint density at radius 3 is 2.67 bits per heavy atom. The number of aryl methyl sites for hydroxylation is 1. The molecule has 0 atom stereocenters. The van der Waals surface area contributed by atoms with Crippen molar-refractivity contribution < 1.29 is 0 Å². The standard InChI is InChI=1S/C13H12N8/c1-21-7-16-10-11(18-13(20-15)19-12(10)21)17-9-4-2-8(6-14)3-5-9/h2-5,7H,15H2,1H3,(H2,17,18,19,20). The molecule has 104 valence electrons. The van der Waals surface area contributed by atoms with E-state index in [4.69, 9.17) is 11.1 Å². The first-order chi connectivity index (χ1) is 10.2. The van der Waals surface area contributed by atoms with Gasteiger partial charge in [-0.3, -0.25) is 5.43 Å². The number of hydrazine groups is 1. The van der Waals surface area contributed by atoms with Crippen molar-refractivity contribution in [2.75, 3.05) is 10.7 Å². The lowest BCUT2D eigenvalue weighted by atomic mass is 10.2. The number of hydrogen-bond acceptors (Lipinski definition) is 7. The fourth-order valence-electron chi connectivity index (χ4n) is 1.92. The third-order valence-electron chi connectivity index (χ3n) is 2.97. The molecule has 2 aromatic heterocycles. The lowest BCUT2D eigenvalue weighted by molar-refractivity contribution is 0.928. The normalized spacial score (nSPS) is 10.3. The van der Waals surface area contributed by atoms with Crippen LogP contribution in [-0.4, -0.2) is 19.5 Å². The van der Waals surface area contributed by atoms with E-state index in [-0.39, 0.29) is 0 Å². The van der Waals surface area contributed by atoms with E-state index in [1.165, 1.54) is 0 Å². The molecule has 4 N–H and O–H groups in total. The quantitative estimate of drug-likeness (QED) is 0.488. The second kappa shape index (κ2) is 5.07. The summed E-state index contributed by atoms with van der Waals surface area (Å²) in [5.74, 6) is 6.23. The van der Waals surface area contributed by atoms with Gasteiger partial charge in [-0.15, -0.1) is 0 Å². The number of rotatable bonds is 3. The minimum Gasteiger partial charge on any atom is -0.338 e. The molecule has 0 spiro atoms. The molecule has 8 nitrogen and oxygen atoms in total. The second-order valence-corrected chi connectivity index (χ2v) is 4.38. The number of nitriles is 1. The van der Waals surface area contributed by atoms with Crippen LogP contribution in [0.1, 0.15) is 5.56 Å². The monoisotopic (exact) mass is 280 g/mol. The lowest BCUT2D eigenvalue weighted by Crippen LogP contribution is -2.12. The maximum Gasteiger partial charge on any atom is 0.241 e. The van der Waals surface area contributed by atoms with Crippen LogP contribution >= 0.6 is 0 Å². The number of hydrogen-bond donors (Lipinski definition) is 3. The van der Waals surface area contributed by atoms with Gasteiger partial charge in [0.15, 0.2) is 17.0 Å². The van der Waals surface area contributed by atoms with Crippen molar-refractivity contribution in [3.05, 3.63) is 36.2 Å². The van der Waals surface area contributed by atoms with Crippen molar-refractivity contribution in [2.45, 2.75) is 0 Å². The third-order valence-corrected chi connectivity index (χ3v) is 2.97. The van der Waals surface area contributed by atoms with Gasteiger partial charge in [0.1, 0.15) is 0 Å². The topological polar surface area (TPSA) is 117 Å². The first-order valence-electron chi connectivity index (χ1n) is 6.14. The summed E-state index contributed by atoms with van der Waals surface area (Å²) >= 11 is 0. The number of imidazole rings is 1. The molecule has 0 saturated carbocycles. The van der Waals surface area contributed by atoms with Crippen molar-refractivity contribution in [3.63, 3.8) is 0 Å². The number of nitrogens with zero attached hydrogens (tertiary/aromatic N) is 5. The van der Waals surface area contributed by atoms with E-state index in [2.05, 4.69) is 31.8 Å². The summed E-state index contributed by atoms with van der Waals surface area (Å²) in [6, 6.07) is 9.11. The van der Waals surface area contributed by atoms with Crippen molar-refractivity contribution in [2.24, 2.45) is 12.9 Å². The Hall–Kier alpha value is -3.18. The average Bonchev–Trinajstić information content (AvgIpc) is 2.89. The van der Waals surface area contributed by atoms with E-state index in [1.807, 2.05) is 7.05 Å². The highest BCUT2D eigenvalue weighted by Gasteiger charge is 2.11. The van der Waals surface area contributed by atoms with E-state index >= 15 is 0 Å². The molecule has 1 aromatic carbocycles. The van der Waals surface area contributed by atoms with Gasteiger partial charge in [-0.25, -0.2) is 10.8 Å². The Labute approximate surface area is 120 Å². The molecule has 3 aromatic rings. The number of aromatic nitrogens is 4. The molecule has 3 rings (SSSR count). The molecule has 2 heterocycles. The number of fused-ring (bicyclic) bond motifs is 1. The number of anilines is 3. The largest absolute Gasteiger partial charge is 0.338 e. The van der Waals surface area contributed by atoms with Gasteiger partial charge in [-0.05, 0) is 24.3 Å². The van der Waals surface area contributed by atoms with Crippen molar-refractivity contribution in [1.82, 2.24) is 19.5 Å². The van der Waals surface area contributed by atoms with Gasteiger partial charge >= 0.3 is 0 Å². The predicted molar refractivity (Wildman–Crippen MR) is 78.6 cm³/mol. The smallest absolute Gasteiger partial charge is 0.241 e. The summed E-state index contributed by atoms with van der Waals surface area (Å²) in [5.41, 5.74) is 5.12. The van der Waals surface area contributed by atoms with Gasteiger partial charge in [0.05, 0.1) is 18.0 Å². The molecule has 0 unspecified atom stereocenters. The molecule has 0 saturated heterocycles. The van der Waals surface area contributed by atoms with E-state index in [0.29, 0.717) is 28.5 Å². The van der Waals surface area contributed by atoms with E-state index in [9.17, 15) is 0 Å². The van der Waals surface area contributed by atoms with Crippen molar-refractivity contribution in [1.29, 1.82) is 5.26 Å². The van der Waals surface area contributed by atoms with Crippen LogP contribution in [0.25, 0.3) is 11.2 Å². The maximum absolute atomic E-state index is 8.80. The molecule has 0 aliphatic rings. The number of nitrogen functional groups attached to an aromatic ring is 1. The average molecular weight is 280 g/mol. The summed E-state index contributed by atoms with van der Waals surface area (Å²) in [4.78, 5) is 12.8. The minimum atomic E-state index is 0.294. The van der Waals surface area contributed by atoms with Crippen LogP contribution in [-0.2, 0) is 7.05 Å². The Morgan fingerprint density at radius 2 is 2.00 bits per heavy atom. The van der Waals surface area contributed by atoms with Crippen LogP contribution in [0.3, 0.4) is 0 Å². The molecule has 0 aliphatic heterocycles. The second-order valence-electron chi connectivity index (χ2n) is 4.38. The van der Waals surface area contributed by atoms with Crippen LogP contribution < -0.4 is 16.6 Å². The van der Waals surface area contributed by atoms with E-state index < -0.39 is 0 Å². The van der Waals surface area contributed by atoms with Gasteiger partial charge < -0.3 is 9.88 Å². The van der Waals surface area contributed by atoms with Crippen molar-refractivity contribution in [3.8, 4) is 6.07 Å². The lowest BCUT2D eigenvalue weighted by Gasteiger charge is -2.08. The molecule has 21 heavy (non-hydrogen) atoms. The van der Waals surface area contributed by atoms with Gasteiger partial charge in [-0.2, -0.15) is 15.2 Å². The van der Waals surface area contributed by atoms with Crippen LogP contribution in [0.5, 0.6) is 0 Å². The molecule has 8 heteroatoms. The number of benzene rings is 1. The van der Waals surface area contributed by atoms with Gasteiger partial charge in [0.2, 0.25) is 5.95 Å². The summed E-state index contributed by atoms with van der Waals surface area (Å²) in [5, 5.41) is 12.0. The number of nitrogens with one attached hydrogen (secondary N) is 2. The van der Waals surface area contributed by atoms with Crippen LogP contribution in [0.4, 0.5) is 17.5 Å². The Morgan fingerprint density at radius 1 is 1.24 bits per heavy atom. The fraction of sp³-hybridized carbons (Fsp3) is 0.0769. The Balaban J connectivity index is 2.04. The van der Waals surface area contributed by atoms with Crippen molar-refractivity contribution >= 4 is 28.6 Å². The predicted octanol–water partition coefficient (Wildman–Crippen LogP) is 1.26. The molecular weight excluding hydrogens is 268 g/mol. The highest BCUT2D eigenvalue weighted by molar-refractivity contribution is 5.86. The minimum absolute atomic E-state index is 0.294. The van der Waals surface area contributed by atoms with Gasteiger partial charge in [0.25, 0.3) is 0 Å². The molecule has 0 amide bonds. The van der Waals surface area contributed by atoms with E-state index in [1.54, 1.807) is 35.2 Å². The number of nitrogens with two attached hydrogens (primary N) is 1. The highest BCUT2D eigenvalue weighted by Crippen LogP contribution is 2.23. The zero-order valence-electron chi connectivity index (χ0n) is 11.2. The first kappa shape index (κ1) is 12.8. The molecule has 0 aliphatic carbocycles. The zero-order chi connectivity index (χ0) is 14.8. The van der Waals surface area contributed by atoms with Crippen LogP contribution in [0.15, 0.2) is 30.6 Å². The summed E-state index contributed by atoms with van der Waals surface area (Å²) in [7, 11) is 1.84. The third kappa shape index (κ3) is 2.33. The SMILES string of the molecule is Cn1cnc2c(Nc3ccc(C#N)cc3)nc(NN)nc21. The van der Waals surface area contributed by atoms with Crippen LogP contribution in [0.2, 0.25) is 0 Å². The highest BCUT2D eigenvalue weighted by atomic mass is 15.3. The molecule has 0 radical (unpaired) electrons. The summed E-state index contributed by atoms with van der Waals surface area (Å²) in [6.07, 6.45) is 1.66. The molecule has 0 fully saturated rings.